The molecule has 1 rings (SSSR count). The predicted molar refractivity (Wildman–Crippen MR) is 55.6 cm³/mol. The summed E-state index contributed by atoms with van der Waals surface area (Å²) in [6.45, 7) is 2.75. The van der Waals surface area contributed by atoms with Crippen LogP contribution in [0.1, 0.15) is 0 Å². The Hall–Kier alpha value is 0.0769. The van der Waals surface area contributed by atoms with Crippen molar-refractivity contribution in [2.75, 3.05) is 0 Å². The number of hydrogen-bond donors (Lipinski definition) is 0. The number of halogens is 1. The van der Waals surface area contributed by atoms with E-state index < -0.39 is 6.53 Å². The Bertz CT molecular complexity index is 217. The molecular weight excluding hydrogens is 192 g/mol. The van der Waals surface area contributed by atoms with Crippen molar-refractivity contribution in [1.82, 2.24) is 0 Å². The molecular formula is C8H11ClSSi. The van der Waals surface area contributed by atoms with Crippen LogP contribution in [-0.4, -0.2) is 6.53 Å². The van der Waals surface area contributed by atoms with Gasteiger partial charge in [0.05, 0.1) is 0 Å². The highest BCUT2D eigenvalue weighted by atomic mass is 35.6. The van der Waals surface area contributed by atoms with Crippen molar-refractivity contribution in [3.8, 4) is 0 Å². The van der Waals surface area contributed by atoms with Gasteiger partial charge in [-0.25, -0.2) is 0 Å². The summed E-state index contributed by atoms with van der Waals surface area (Å²) in [6.07, 6.45) is 0. The number of rotatable bonds is 2. The second kappa shape index (κ2) is 3.65. The normalized spacial score (nSPS) is 11.5. The molecule has 0 saturated carbocycles. The molecule has 1 aromatic carbocycles. The molecule has 0 N–H and O–H groups in total. The molecule has 0 unspecified atom stereocenters. The van der Waals surface area contributed by atoms with Crippen LogP contribution in [0.4, 0.5) is 0 Å². The summed E-state index contributed by atoms with van der Waals surface area (Å²) < 4.78 is 0. The van der Waals surface area contributed by atoms with E-state index in [0.29, 0.717) is 0 Å². The van der Waals surface area contributed by atoms with Crippen LogP contribution >= 0.6 is 22.3 Å². The molecule has 60 valence electrons. The molecule has 0 atom stereocenters. The second-order valence-corrected chi connectivity index (χ2v) is 13.4. The maximum atomic E-state index is 6.17. The first-order valence-corrected chi connectivity index (χ1v) is 9.06. The van der Waals surface area contributed by atoms with Gasteiger partial charge in [0.1, 0.15) is 0 Å². The van der Waals surface area contributed by atoms with Gasteiger partial charge in [-0.05, 0) is 25.2 Å². The zero-order chi connectivity index (χ0) is 8.32. The molecule has 0 radical (unpaired) electrons. The average molecular weight is 203 g/mol. The molecule has 0 fully saturated rings. The number of hydrogen-bond acceptors (Lipinski definition) is 1. The Kier molecular flexibility index (Phi) is 3.04. The zero-order valence-electron chi connectivity index (χ0n) is 6.67. The monoisotopic (exact) mass is 202 g/mol. The molecule has 0 spiro atoms. The fraction of sp³-hybridized carbons (Fsp3) is 0.250. The van der Waals surface area contributed by atoms with E-state index in [0.717, 1.165) is 0 Å². The van der Waals surface area contributed by atoms with Gasteiger partial charge in [0.2, 0.25) is 6.53 Å². The molecule has 3 heteroatoms. The summed E-state index contributed by atoms with van der Waals surface area (Å²) in [7, 11) is 0. The van der Waals surface area contributed by atoms with E-state index in [4.69, 9.17) is 11.1 Å². The van der Waals surface area contributed by atoms with Gasteiger partial charge in [-0.2, -0.15) is 11.1 Å². The Morgan fingerprint density at radius 3 is 2.18 bits per heavy atom. The summed E-state index contributed by atoms with van der Waals surface area (Å²) in [4.78, 5) is 1.28. The van der Waals surface area contributed by atoms with Gasteiger partial charge in [-0.1, -0.05) is 18.2 Å². The lowest BCUT2D eigenvalue weighted by Gasteiger charge is -2.11. The Balaban J connectivity index is 2.66. The minimum Gasteiger partial charge on any atom is -0.153 e. The van der Waals surface area contributed by atoms with Crippen LogP contribution in [0, 0.1) is 0 Å². The topological polar surface area (TPSA) is 0 Å². The van der Waals surface area contributed by atoms with Gasteiger partial charge in [0, 0.05) is 4.90 Å². The lowest BCUT2D eigenvalue weighted by Crippen LogP contribution is -2.09. The molecule has 0 bridgehead atoms. The van der Waals surface area contributed by atoms with Crippen LogP contribution in [0.15, 0.2) is 35.2 Å². The maximum absolute atomic E-state index is 6.17. The van der Waals surface area contributed by atoms with Gasteiger partial charge in [-0.3, -0.25) is 0 Å². The van der Waals surface area contributed by atoms with Gasteiger partial charge < -0.3 is 0 Å². The van der Waals surface area contributed by atoms with Crippen molar-refractivity contribution in [3.63, 3.8) is 0 Å². The fourth-order valence-electron chi connectivity index (χ4n) is 0.769. The molecule has 11 heavy (non-hydrogen) atoms. The minimum atomic E-state index is -1.51. The van der Waals surface area contributed by atoms with Crippen LogP contribution < -0.4 is 0 Å². The van der Waals surface area contributed by atoms with Gasteiger partial charge in [-0.15, -0.1) is 11.2 Å². The highest BCUT2D eigenvalue weighted by Crippen LogP contribution is 2.31. The largest absolute Gasteiger partial charge is 0.214 e. The lowest BCUT2D eigenvalue weighted by atomic mass is 10.4. The van der Waals surface area contributed by atoms with Crippen LogP contribution in [-0.2, 0) is 0 Å². The Morgan fingerprint density at radius 1 is 1.18 bits per heavy atom. The number of benzene rings is 1. The van der Waals surface area contributed by atoms with Crippen molar-refractivity contribution >= 4 is 28.8 Å². The van der Waals surface area contributed by atoms with E-state index in [1.807, 2.05) is 18.2 Å². The van der Waals surface area contributed by atoms with Gasteiger partial charge in [0.15, 0.2) is 0 Å². The molecule has 0 heterocycles. The molecule has 0 aliphatic heterocycles. The third-order valence-corrected chi connectivity index (χ3v) is 4.95. The second-order valence-electron chi connectivity index (χ2n) is 2.78. The molecule has 0 aliphatic rings. The standard InChI is InChI=1S/C8H11ClSSi/c1-11(2,9)10-8-6-4-3-5-7-8/h3-7H,1-2H3. The van der Waals surface area contributed by atoms with Crippen molar-refractivity contribution in [1.29, 1.82) is 0 Å². The van der Waals surface area contributed by atoms with Crippen LogP contribution in [0.3, 0.4) is 0 Å². The lowest BCUT2D eigenvalue weighted by molar-refractivity contribution is 1.48. The van der Waals surface area contributed by atoms with E-state index in [1.165, 1.54) is 4.90 Å². The third kappa shape index (κ3) is 3.84. The molecule has 0 saturated heterocycles. The molecule has 0 aromatic heterocycles. The van der Waals surface area contributed by atoms with Crippen molar-refractivity contribution in [2.45, 2.75) is 18.0 Å². The van der Waals surface area contributed by atoms with E-state index in [2.05, 4.69) is 25.2 Å². The average Bonchev–Trinajstić information content (AvgIpc) is 1.85. The van der Waals surface area contributed by atoms with E-state index in [1.54, 1.807) is 11.2 Å². The van der Waals surface area contributed by atoms with Gasteiger partial charge >= 0.3 is 0 Å². The summed E-state index contributed by atoms with van der Waals surface area (Å²) in [5, 5.41) is 0. The smallest absolute Gasteiger partial charge is 0.153 e. The quantitative estimate of drug-likeness (QED) is 0.521. The van der Waals surface area contributed by atoms with E-state index >= 15 is 0 Å². The van der Waals surface area contributed by atoms with Crippen LogP contribution in [0.25, 0.3) is 0 Å². The maximum Gasteiger partial charge on any atom is 0.214 e. The molecule has 0 amide bonds. The highest BCUT2D eigenvalue weighted by Gasteiger charge is 2.17. The molecule has 1 aromatic rings. The van der Waals surface area contributed by atoms with Crippen molar-refractivity contribution in [3.05, 3.63) is 30.3 Å². The van der Waals surface area contributed by atoms with Crippen LogP contribution in [0.5, 0.6) is 0 Å². The summed E-state index contributed by atoms with van der Waals surface area (Å²) in [6, 6.07) is 10.3. The summed E-state index contributed by atoms with van der Waals surface area (Å²) in [5.41, 5.74) is 0. The predicted octanol–water partition coefficient (Wildman–Crippen LogP) is 3.72. The first-order valence-electron chi connectivity index (χ1n) is 3.51. The van der Waals surface area contributed by atoms with Crippen molar-refractivity contribution < 1.29 is 0 Å². The first-order chi connectivity index (χ1) is 5.08. The first kappa shape index (κ1) is 9.17. The molecule has 0 nitrogen and oxygen atoms in total. The third-order valence-electron chi connectivity index (χ3n) is 1.10. The fourth-order valence-corrected chi connectivity index (χ4v) is 4.51. The van der Waals surface area contributed by atoms with E-state index in [9.17, 15) is 0 Å². The summed E-state index contributed by atoms with van der Waals surface area (Å²) in [5.74, 6) is 0. The van der Waals surface area contributed by atoms with E-state index in [-0.39, 0.29) is 0 Å². The van der Waals surface area contributed by atoms with Gasteiger partial charge in [0.25, 0.3) is 0 Å². The SMILES string of the molecule is C[Si](C)(Cl)Sc1ccccc1. The zero-order valence-corrected chi connectivity index (χ0v) is 9.25. The molecule has 0 aliphatic carbocycles. The Morgan fingerprint density at radius 2 is 1.73 bits per heavy atom. The van der Waals surface area contributed by atoms with Crippen molar-refractivity contribution in [2.24, 2.45) is 0 Å². The highest BCUT2D eigenvalue weighted by molar-refractivity contribution is 8.33. The van der Waals surface area contributed by atoms with Crippen LogP contribution in [0.2, 0.25) is 13.1 Å². The minimum absolute atomic E-state index is 1.28. The summed E-state index contributed by atoms with van der Waals surface area (Å²) >= 11 is 7.97. The Labute approximate surface area is 77.3 Å².